The van der Waals surface area contributed by atoms with Gasteiger partial charge in [0.1, 0.15) is 5.75 Å². The average Bonchev–Trinajstić information content (AvgIpc) is 2.88. The highest BCUT2D eigenvalue weighted by molar-refractivity contribution is 7.92. The van der Waals surface area contributed by atoms with Crippen molar-refractivity contribution in [3.8, 4) is 5.75 Å². The molecule has 0 spiro atoms. The van der Waals surface area contributed by atoms with Gasteiger partial charge in [-0.3, -0.25) is 9.10 Å². The smallest absolute Gasteiger partial charge is 0.264 e. The molecule has 2 aromatic carbocycles. The largest absolute Gasteiger partial charge is 0.497 e. The van der Waals surface area contributed by atoms with Gasteiger partial charge in [0.15, 0.2) is 0 Å². The lowest BCUT2D eigenvalue weighted by Gasteiger charge is -2.34. The molecule has 1 aliphatic heterocycles. The lowest BCUT2D eigenvalue weighted by atomic mass is 10.2. The number of nitrogens with zero attached hydrogens (tertiary/aromatic N) is 5. The minimum atomic E-state index is -3.85. The monoisotopic (exact) mass is 467 g/mol. The maximum atomic E-state index is 13.2. The Labute approximate surface area is 193 Å². The number of hydrogen-bond donors (Lipinski definition) is 0. The van der Waals surface area contributed by atoms with Crippen molar-refractivity contribution in [1.29, 1.82) is 0 Å². The molecule has 0 N–H and O–H groups in total. The second kappa shape index (κ2) is 9.45. The van der Waals surface area contributed by atoms with Crippen molar-refractivity contribution >= 4 is 27.6 Å². The van der Waals surface area contributed by atoms with E-state index in [-0.39, 0.29) is 10.8 Å². The number of benzene rings is 2. The Balaban J connectivity index is 1.48. The van der Waals surface area contributed by atoms with Gasteiger partial charge in [0.25, 0.3) is 15.9 Å². The Morgan fingerprint density at radius 2 is 1.64 bits per heavy atom. The van der Waals surface area contributed by atoms with Gasteiger partial charge in [0.2, 0.25) is 5.95 Å². The zero-order valence-corrected chi connectivity index (χ0v) is 19.3. The molecule has 1 fully saturated rings. The summed E-state index contributed by atoms with van der Waals surface area (Å²) in [6.45, 7) is 2.21. The third-order valence-corrected chi connectivity index (χ3v) is 7.36. The number of methoxy groups -OCH3 is 1. The fraction of sp³-hybridized carbons (Fsp3) is 0.261. The van der Waals surface area contributed by atoms with Crippen LogP contribution in [0, 0.1) is 0 Å². The molecule has 1 aromatic heterocycles. The molecular formula is C23H25N5O4S. The number of sulfonamides is 1. The van der Waals surface area contributed by atoms with E-state index >= 15 is 0 Å². The van der Waals surface area contributed by atoms with E-state index in [2.05, 4.69) is 9.97 Å². The Morgan fingerprint density at radius 1 is 0.970 bits per heavy atom. The van der Waals surface area contributed by atoms with Crippen LogP contribution in [0.3, 0.4) is 0 Å². The first-order valence-electron chi connectivity index (χ1n) is 10.4. The van der Waals surface area contributed by atoms with Crippen molar-refractivity contribution in [2.75, 3.05) is 49.5 Å². The summed E-state index contributed by atoms with van der Waals surface area (Å²) in [6, 6.07) is 14.7. The highest BCUT2D eigenvalue weighted by Crippen LogP contribution is 2.25. The van der Waals surface area contributed by atoms with Crippen LogP contribution in [0.5, 0.6) is 5.75 Å². The molecule has 2 heterocycles. The summed E-state index contributed by atoms with van der Waals surface area (Å²) < 4.78 is 32.7. The summed E-state index contributed by atoms with van der Waals surface area (Å²) in [5, 5.41) is 0. The lowest BCUT2D eigenvalue weighted by Crippen LogP contribution is -2.49. The van der Waals surface area contributed by atoms with Gasteiger partial charge >= 0.3 is 0 Å². The van der Waals surface area contributed by atoms with Crippen LogP contribution in [0.15, 0.2) is 71.9 Å². The zero-order valence-electron chi connectivity index (χ0n) is 18.5. The number of anilines is 2. The molecule has 0 radical (unpaired) electrons. The molecule has 1 saturated heterocycles. The van der Waals surface area contributed by atoms with E-state index in [9.17, 15) is 13.2 Å². The van der Waals surface area contributed by atoms with Crippen LogP contribution in [0.2, 0.25) is 0 Å². The molecule has 10 heteroatoms. The van der Waals surface area contributed by atoms with Crippen molar-refractivity contribution in [2.24, 2.45) is 0 Å². The summed E-state index contributed by atoms with van der Waals surface area (Å²) in [6.07, 6.45) is 3.38. The summed E-state index contributed by atoms with van der Waals surface area (Å²) in [5.41, 5.74) is 0.829. The number of rotatable bonds is 6. The minimum Gasteiger partial charge on any atom is -0.497 e. The Morgan fingerprint density at radius 3 is 2.27 bits per heavy atom. The van der Waals surface area contributed by atoms with Gasteiger partial charge in [-0.1, -0.05) is 6.07 Å². The van der Waals surface area contributed by atoms with Crippen LogP contribution >= 0.6 is 0 Å². The van der Waals surface area contributed by atoms with Gasteiger partial charge in [0.05, 0.1) is 17.7 Å². The van der Waals surface area contributed by atoms with E-state index in [1.165, 1.54) is 23.5 Å². The maximum absolute atomic E-state index is 13.2. The van der Waals surface area contributed by atoms with Crippen molar-refractivity contribution in [1.82, 2.24) is 14.9 Å². The summed E-state index contributed by atoms with van der Waals surface area (Å²) in [4.78, 5) is 25.4. The third kappa shape index (κ3) is 4.75. The second-order valence-corrected chi connectivity index (χ2v) is 9.50. The Bertz CT molecular complexity index is 1210. The van der Waals surface area contributed by atoms with E-state index < -0.39 is 10.0 Å². The van der Waals surface area contributed by atoms with Crippen LogP contribution < -0.4 is 13.9 Å². The first-order valence-corrected chi connectivity index (χ1v) is 11.9. The van der Waals surface area contributed by atoms with E-state index in [0.717, 1.165) is 0 Å². The summed E-state index contributed by atoms with van der Waals surface area (Å²) in [7, 11) is -0.815. The molecule has 3 aromatic rings. The SMILES string of the molecule is COc1ccc(N(C)S(=O)(=O)c2cccc(C(=O)N3CCN(c4ncccn4)CC3)c2)cc1. The molecule has 0 atom stereocenters. The molecule has 1 amide bonds. The van der Waals surface area contributed by atoms with E-state index in [4.69, 9.17) is 4.74 Å². The zero-order chi connectivity index (χ0) is 23.4. The van der Waals surface area contributed by atoms with E-state index in [1.54, 1.807) is 66.9 Å². The van der Waals surface area contributed by atoms with Gasteiger partial charge < -0.3 is 14.5 Å². The number of carbonyl (C=O) groups excluding carboxylic acids is 1. The van der Waals surface area contributed by atoms with Gasteiger partial charge in [-0.05, 0) is 48.5 Å². The van der Waals surface area contributed by atoms with Gasteiger partial charge in [0, 0.05) is 51.2 Å². The normalized spacial score (nSPS) is 14.1. The highest BCUT2D eigenvalue weighted by atomic mass is 32.2. The predicted octanol–water partition coefficient (Wildman–Crippen LogP) is 2.27. The van der Waals surface area contributed by atoms with Crippen molar-refractivity contribution < 1.29 is 17.9 Å². The highest BCUT2D eigenvalue weighted by Gasteiger charge is 2.26. The predicted molar refractivity (Wildman–Crippen MR) is 125 cm³/mol. The molecule has 0 saturated carbocycles. The van der Waals surface area contributed by atoms with Gasteiger partial charge in [-0.2, -0.15) is 0 Å². The minimum absolute atomic E-state index is 0.0583. The van der Waals surface area contributed by atoms with Crippen LogP contribution in [0.25, 0.3) is 0 Å². The van der Waals surface area contributed by atoms with E-state index in [1.807, 2.05) is 4.90 Å². The third-order valence-electron chi connectivity index (χ3n) is 5.58. The number of ether oxygens (including phenoxy) is 1. The topological polar surface area (TPSA) is 95.9 Å². The van der Waals surface area contributed by atoms with Crippen molar-refractivity contribution in [3.63, 3.8) is 0 Å². The Kier molecular flexibility index (Phi) is 6.45. The van der Waals surface area contributed by atoms with Crippen LogP contribution in [-0.2, 0) is 10.0 Å². The molecule has 0 aliphatic carbocycles. The van der Waals surface area contributed by atoms with Gasteiger partial charge in [-0.15, -0.1) is 0 Å². The second-order valence-electron chi connectivity index (χ2n) is 7.53. The van der Waals surface area contributed by atoms with E-state index in [0.29, 0.717) is 49.1 Å². The number of carbonyl (C=O) groups is 1. The molecule has 33 heavy (non-hydrogen) atoms. The number of hydrogen-bond acceptors (Lipinski definition) is 7. The fourth-order valence-corrected chi connectivity index (χ4v) is 4.87. The fourth-order valence-electron chi connectivity index (χ4n) is 3.63. The van der Waals surface area contributed by atoms with Gasteiger partial charge in [-0.25, -0.2) is 18.4 Å². The van der Waals surface area contributed by atoms with Crippen molar-refractivity contribution in [2.45, 2.75) is 4.90 Å². The molecule has 172 valence electrons. The number of piperazine rings is 1. The van der Waals surface area contributed by atoms with Crippen LogP contribution in [0.4, 0.5) is 11.6 Å². The van der Waals surface area contributed by atoms with Crippen LogP contribution in [-0.4, -0.2) is 69.5 Å². The lowest BCUT2D eigenvalue weighted by molar-refractivity contribution is 0.0746. The standard InChI is InChI=1S/C23H25N5O4S/c1-26(19-7-9-20(32-2)10-8-19)33(30,31)21-6-3-5-18(17-21)22(29)27-13-15-28(16-14-27)23-24-11-4-12-25-23/h3-12,17H,13-16H2,1-2H3. The quantitative estimate of drug-likeness (QED) is 0.549. The molecule has 0 bridgehead atoms. The first-order chi connectivity index (χ1) is 15.9. The van der Waals surface area contributed by atoms with Crippen LogP contribution in [0.1, 0.15) is 10.4 Å². The summed E-state index contributed by atoms with van der Waals surface area (Å²) >= 11 is 0. The molecule has 1 aliphatic rings. The molecule has 0 unspecified atom stereocenters. The maximum Gasteiger partial charge on any atom is 0.264 e. The van der Waals surface area contributed by atoms with Crippen molar-refractivity contribution in [3.05, 3.63) is 72.6 Å². The Hall–Kier alpha value is -3.66. The molecule has 4 rings (SSSR count). The number of aromatic nitrogens is 2. The molecule has 9 nitrogen and oxygen atoms in total. The molecular weight excluding hydrogens is 442 g/mol. The first kappa shape index (κ1) is 22.5. The number of amides is 1. The average molecular weight is 468 g/mol. The summed E-state index contributed by atoms with van der Waals surface area (Å²) in [5.74, 6) is 1.07.